The van der Waals surface area contributed by atoms with E-state index in [-0.39, 0.29) is 35.1 Å². The van der Waals surface area contributed by atoms with E-state index in [2.05, 4.69) is 62.8 Å². The molecule has 0 spiro atoms. The molecule has 0 unspecified atom stereocenters. The maximum absolute atomic E-state index is 13.6. The molecule has 2 amide bonds. The van der Waals surface area contributed by atoms with Gasteiger partial charge in [0.2, 0.25) is 11.8 Å². The highest BCUT2D eigenvalue weighted by molar-refractivity contribution is 8.00. The summed E-state index contributed by atoms with van der Waals surface area (Å²) < 4.78 is 1.91. The number of amides is 2. The molecule has 0 fully saturated rings. The van der Waals surface area contributed by atoms with Crippen LogP contribution in [-0.2, 0) is 15.0 Å². The fourth-order valence-corrected chi connectivity index (χ4v) is 6.36. The number of carbonyl (C=O) groups excluding carboxylic acids is 2. The SMILES string of the molecule is Cc1cccc(-n2nc(C(C)(C)C)c3c2N(CC(=O)NC(C)C)C(=O)CS[C@H]3c2ccsc2)c1C. The number of aromatic nitrogens is 2. The molecule has 0 saturated heterocycles. The van der Waals surface area contributed by atoms with Crippen LogP contribution in [0.1, 0.15) is 67.8 Å². The zero-order chi connectivity index (χ0) is 25.5. The minimum atomic E-state index is -0.263. The topological polar surface area (TPSA) is 67.2 Å². The minimum absolute atomic E-state index is 0.00829. The number of hydrogen-bond donors (Lipinski definition) is 1. The molecule has 2 aromatic heterocycles. The lowest BCUT2D eigenvalue weighted by Gasteiger charge is -2.25. The van der Waals surface area contributed by atoms with Crippen LogP contribution in [0.25, 0.3) is 5.69 Å². The van der Waals surface area contributed by atoms with E-state index in [0.717, 1.165) is 33.6 Å². The molecule has 0 aliphatic carbocycles. The van der Waals surface area contributed by atoms with Crippen molar-refractivity contribution in [2.75, 3.05) is 17.2 Å². The molecular weight excluding hydrogens is 476 g/mol. The van der Waals surface area contributed by atoms with Crippen LogP contribution >= 0.6 is 23.1 Å². The van der Waals surface area contributed by atoms with Crippen molar-refractivity contribution < 1.29 is 9.59 Å². The van der Waals surface area contributed by atoms with Crippen molar-refractivity contribution in [2.45, 2.75) is 65.2 Å². The van der Waals surface area contributed by atoms with E-state index in [4.69, 9.17) is 5.10 Å². The van der Waals surface area contributed by atoms with Gasteiger partial charge in [-0.1, -0.05) is 32.9 Å². The third-order valence-electron chi connectivity index (χ3n) is 6.20. The first-order chi connectivity index (χ1) is 16.5. The Morgan fingerprint density at radius 2 is 1.97 bits per heavy atom. The van der Waals surface area contributed by atoms with Crippen LogP contribution in [-0.4, -0.2) is 39.9 Å². The second kappa shape index (κ2) is 9.82. The molecule has 1 aromatic carbocycles. The predicted molar refractivity (Wildman–Crippen MR) is 146 cm³/mol. The molecule has 8 heteroatoms. The second-order valence-corrected chi connectivity index (χ2v) is 12.3. The summed E-state index contributed by atoms with van der Waals surface area (Å²) in [6.45, 7) is 14.4. The largest absolute Gasteiger partial charge is 0.352 e. The smallest absolute Gasteiger partial charge is 0.240 e. The number of anilines is 1. The molecule has 1 N–H and O–H groups in total. The van der Waals surface area contributed by atoms with Gasteiger partial charge in [0.15, 0.2) is 0 Å². The Kier molecular flexibility index (Phi) is 7.16. The van der Waals surface area contributed by atoms with Gasteiger partial charge in [-0.25, -0.2) is 4.68 Å². The maximum Gasteiger partial charge on any atom is 0.240 e. The molecule has 35 heavy (non-hydrogen) atoms. The van der Waals surface area contributed by atoms with Crippen molar-refractivity contribution in [2.24, 2.45) is 0 Å². The first-order valence-corrected chi connectivity index (χ1v) is 13.9. The highest BCUT2D eigenvalue weighted by Gasteiger charge is 2.40. The standard InChI is InChI=1S/C27H34N4O2S2/c1-16(2)28-21(32)13-30-22(33)15-35-24(19-11-12-34-14-19)23-25(27(5,6)7)29-31(26(23)30)20-10-8-9-17(3)18(20)4/h8-12,14,16,24H,13,15H2,1-7H3,(H,28,32)/t24-/m0/s1. The Labute approximate surface area is 216 Å². The summed E-state index contributed by atoms with van der Waals surface area (Å²) >= 11 is 3.27. The van der Waals surface area contributed by atoms with Gasteiger partial charge in [0.1, 0.15) is 12.4 Å². The van der Waals surface area contributed by atoms with Gasteiger partial charge >= 0.3 is 0 Å². The molecule has 3 aromatic rings. The van der Waals surface area contributed by atoms with Gasteiger partial charge in [-0.15, -0.1) is 11.8 Å². The first kappa shape index (κ1) is 25.5. The number of nitrogens with one attached hydrogen (secondary N) is 1. The number of benzene rings is 1. The van der Waals surface area contributed by atoms with Gasteiger partial charge in [-0.05, 0) is 67.3 Å². The molecule has 4 rings (SSSR count). The van der Waals surface area contributed by atoms with Crippen LogP contribution in [0.4, 0.5) is 5.82 Å². The van der Waals surface area contributed by atoms with Crippen LogP contribution in [0.5, 0.6) is 0 Å². The Bertz CT molecular complexity index is 1240. The molecule has 1 aliphatic heterocycles. The first-order valence-electron chi connectivity index (χ1n) is 11.9. The van der Waals surface area contributed by atoms with Gasteiger partial charge in [-0.2, -0.15) is 16.4 Å². The van der Waals surface area contributed by atoms with Gasteiger partial charge < -0.3 is 5.32 Å². The van der Waals surface area contributed by atoms with E-state index in [1.165, 1.54) is 0 Å². The number of thiophene rings is 1. The Hall–Kier alpha value is -2.58. The van der Waals surface area contributed by atoms with Crippen LogP contribution in [0, 0.1) is 13.8 Å². The summed E-state index contributed by atoms with van der Waals surface area (Å²) in [7, 11) is 0. The minimum Gasteiger partial charge on any atom is -0.352 e. The number of carbonyl (C=O) groups is 2. The van der Waals surface area contributed by atoms with Gasteiger partial charge in [-0.3, -0.25) is 14.5 Å². The lowest BCUT2D eigenvalue weighted by molar-refractivity contribution is -0.123. The highest BCUT2D eigenvalue weighted by atomic mass is 32.2. The lowest BCUT2D eigenvalue weighted by Crippen LogP contribution is -2.44. The number of nitrogens with zero attached hydrogens (tertiary/aromatic N) is 3. The van der Waals surface area contributed by atoms with Crippen LogP contribution < -0.4 is 10.2 Å². The maximum atomic E-state index is 13.6. The van der Waals surface area contributed by atoms with Crippen LogP contribution in [0.15, 0.2) is 35.0 Å². The van der Waals surface area contributed by atoms with Crippen molar-refractivity contribution in [1.82, 2.24) is 15.1 Å². The Morgan fingerprint density at radius 1 is 1.23 bits per heavy atom. The Morgan fingerprint density at radius 3 is 2.60 bits per heavy atom. The van der Waals surface area contributed by atoms with Crippen LogP contribution in [0.2, 0.25) is 0 Å². The van der Waals surface area contributed by atoms with E-state index >= 15 is 0 Å². The molecule has 186 valence electrons. The number of rotatable bonds is 5. The summed E-state index contributed by atoms with van der Waals surface area (Å²) in [4.78, 5) is 28.2. The molecule has 0 saturated carbocycles. The zero-order valence-corrected chi connectivity index (χ0v) is 23.1. The molecular formula is C27H34N4O2S2. The fourth-order valence-electron chi connectivity index (χ4n) is 4.40. The summed E-state index contributed by atoms with van der Waals surface area (Å²) in [5.41, 5.74) is 6.04. The summed E-state index contributed by atoms with van der Waals surface area (Å²) in [6.07, 6.45) is 0. The quantitative estimate of drug-likeness (QED) is 0.489. The fraction of sp³-hybridized carbons (Fsp3) is 0.444. The highest BCUT2D eigenvalue weighted by Crippen LogP contribution is 2.49. The van der Waals surface area contributed by atoms with E-state index in [9.17, 15) is 9.59 Å². The van der Waals surface area contributed by atoms with Gasteiger partial charge in [0, 0.05) is 17.0 Å². The van der Waals surface area contributed by atoms with Crippen molar-refractivity contribution >= 4 is 40.7 Å². The second-order valence-electron chi connectivity index (χ2n) is 10.4. The van der Waals surface area contributed by atoms with Crippen molar-refractivity contribution in [3.8, 4) is 5.69 Å². The average molecular weight is 511 g/mol. The number of fused-ring (bicyclic) bond motifs is 1. The number of hydrogen-bond acceptors (Lipinski definition) is 5. The predicted octanol–water partition coefficient (Wildman–Crippen LogP) is 5.54. The van der Waals surface area contributed by atoms with E-state index in [1.54, 1.807) is 28.0 Å². The molecule has 0 radical (unpaired) electrons. The summed E-state index contributed by atoms with van der Waals surface area (Å²) in [5.74, 6) is 0.735. The van der Waals surface area contributed by atoms with Crippen molar-refractivity contribution in [3.63, 3.8) is 0 Å². The third-order valence-corrected chi connectivity index (χ3v) is 8.16. The van der Waals surface area contributed by atoms with E-state index in [0.29, 0.717) is 11.6 Å². The summed E-state index contributed by atoms with van der Waals surface area (Å²) in [5, 5.41) is 12.3. The number of thioether (sulfide) groups is 1. The monoisotopic (exact) mass is 510 g/mol. The summed E-state index contributed by atoms with van der Waals surface area (Å²) in [6, 6.07) is 8.25. The lowest BCUT2D eigenvalue weighted by atomic mass is 9.87. The molecule has 6 nitrogen and oxygen atoms in total. The zero-order valence-electron chi connectivity index (χ0n) is 21.5. The normalized spacial score (nSPS) is 16.4. The molecule has 1 aliphatic rings. The van der Waals surface area contributed by atoms with Gasteiger partial charge in [0.05, 0.1) is 22.4 Å². The Balaban J connectivity index is 2.03. The average Bonchev–Trinajstić information content (AvgIpc) is 3.40. The van der Waals surface area contributed by atoms with E-state index in [1.807, 2.05) is 30.7 Å². The van der Waals surface area contributed by atoms with Gasteiger partial charge in [0.25, 0.3) is 0 Å². The van der Waals surface area contributed by atoms with Crippen molar-refractivity contribution in [3.05, 3.63) is 63.0 Å². The van der Waals surface area contributed by atoms with E-state index < -0.39 is 0 Å². The van der Waals surface area contributed by atoms with Crippen molar-refractivity contribution in [1.29, 1.82) is 0 Å². The number of aryl methyl sites for hydroxylation is 1. The van der Waals surface area contributed by atoms with Crippen LogP contribution in [0.3, 0.4) is 0 Å². The molecule has 0 bridgehead atoms. The molecule has 1 atom stereocenters. The third kappa shape index (κ3) is 5.05. The molecule has 3 heterocycles.